The van der Waals surface area contributed by atoms with Crippen molar-refractivity contribution in [3.63, 3.8) is 0 Å². The molecule has 5 nitrogen and oxygen atoms in total. The van der Waals surface area contributed by atoms with Crippen LogP contribution < -0.4 is 5.32 Å². The third kappa shape index (κ3) is 4.18. The number of amides is 3. The topological polar surface area (TPSA) is 52.7 Å². The number of thioether (sulfide) groups is 1. The molecule has 0 atom stereocenters. The van der Waals surface area contributed by atoms with Crippen LogP contribution in [0, 0.1) is 11.6 Å². The second-order valence-electron chi connectivity index (χ2n) is 7.30. The maximum absolute atomic E-state index is 13.4. The zero-order valence-electron chi connectivity index (χ0n) is 16.0. The Morgan fingerprint density at radius 3 is 2.37 bits per heavy atom. The lowest BCUT2D eigenvalue weighted by Crippen LogP contribution is -2.54. The second kappa shape index (κ2) is 8.55. The molecule has 2 fully saturated rings. The van der Waals surface area contributed by atoms with E-state index in [9.17, 15) is 18.4 Å². The molecule has 158 valence electrons. The van der Waals surface area contributed by atoms with E-state index in [1.165, 1.54) is 6.07 Å². The van der Waals surface area contributed by atoms with Crippen molar-refractivity contribution in [2.45, 2.75) is 17.7 Å². The van der Waals surface area contributed by atoms with Gasteiger partial charge in [0.25, 0.3) is 5.91 Å². The molecule has 0 aromatic heterocycles. The third-order valence-electron chi connectivity index (χ3n) is 5.52. The minimum Gasteiger partial charge on any atom is -0.324 e. The Balaban J connectivity index is 1.40. The number of carbonyl (C=O) groups is 2. The number of likely N-dealkylation sites (tertiary alicyclic amines) is 1. The van der Waals surface area contributed by atoms with E-state index in [0.717, 1.165) is 22.4 Å². The molecule has 0 unspecified atom stereocenters. The number of hydrogen-bond acceptors (Lipinski definition) is 3. The first kappa shape index (κ1) is 21.1. The van der Waals surface area contributed by atoms with E-state index in [4.69, 9.17) is 0 Å². The van der Waals surface area contributed by atoms with Crippen LogP contribution in [0.15, 0.2) is 46.9 Å². The van der Waals surface area contributed by atoms with E-state index < -0.39 is 11.6 Å². The maximum atomic E-state index is 13.4. The summed E-state index contributed by atoms with van der Waals surface area (Å²) in [6.45, 7) is 1.64. The van der Waals surface area contributed by atoms with E-state index in [-0.39, 0.29) is 22.5 Å². The van der Waals surface area contributed by atoms with E-state index in [0.29, 0.717) is 38.0 Å². The molecule has 4 rings (SSSR count). The monoisotopic (exact) mass is 495 g/mol. The van der Waals surface area contributed by atoms with Crippen LogP contribution in [0.5, 0.6) is 0 Å². The summed E-state index contributed by atoms with van der Waals surface area (Å²) in [5.74, 6) is -1.09. The number of carbonyl (C=O) groups excluding carboxylic acids is 2. The number of nitrogens with one attached hydrogen (secondary N) is 1. The van der Waals surface area contributed by atoms with Crippen LogP contribution in [0.1, 0.15) is 23.2 Å². The molecule has 0 bridgehead atoms. The van der Waals surface area contributed by atoms with Crippen molar-refractivity contribution in [3.05, 3.63) is 64.1 Å². The SMILES string of the molecule is O=C(Nc1ccc(F)c(F)c1)N1CCC2(CC1)SCCN2C(=O)c1ccc(Br)cc1. The van der Waals surface area contributed by atoms with Gasteiger partial charge in [-0.2, -0.15) is 0 Å². The first-order valence-electron chi connectivity index (χ1n) is 9.60. The van der Waals surface area contributed by atoms with Gasteiger partial charge in [0.05, 0.1) is 4.87 Å². The van der Waals surface area contributed by atoms with E-state index in [2.05, 4.69) is 21.2 Å². The lowest BCUT2D eigenvalue weighted by Gasteiger charge is -2.44. The molecular weight excluding hydrogens is 476 g/mol. The molecular formula is C21H20BrF2N3O2S. The summed E-state index contributed by atoms with van der Waals surface area (Å²) in [7, 11) is 0. The highest BCUT2D eigenvalue weighted by Gasteiger charge is 2.47. The zero-order valence-corrected chi connectivity index (χ0v) is 18.4. The van der Waals surface area contributed by atoms with Gasteiger partial charge in [0.15, 0.2) is 11.6 Å². The first-order chi connectivity index (χ1) is 14.4. The fourth-order valence-corrected chi connectivity index (χ4v) is 5.61. The van der Waals surface area contributed by atoms with Crippen LogP contribution in [-0.2, 0) is 0 Å². The number of benzene rings is 2. The lowest BCUT2D eigenvalue weighted by atomic mass is 10.0. The summed E-state index contributed by atoms with van der Waals surface area (Å²) in [4.78, 5) is 28.9. The molecule has 9 heteroatoms. The zero-order chi connectivity index (χ0) is 21.3. The standard InChI is InChI=1S/C21H20BrF2N3O2S/c22-15-3-1-14(2-4-15)19(28)27-11-12-30-21(27)7-9-26(10-8-21)20(29)25-16-5-6-17(23)18(24)13-16/h1-6,13H,7-12H2,(H,25,29). The highest BCUT2D eigenvalue weighted by Crippen LogP contribution is 2.44. The van der Waals surface area contributed by atoms with Crippen molar-refractivity contribution in [3.8, 4) is 0 Å². The Labute approximate surface area is 185 Å². The summed E-state index contributed by atoms with van der Waals surface area (Å²) >= 11 is 5.16. The number of anilines is 1. The summed E-state index contributed by atoms with van der Waals surface area (Å²) in [5.41, 5.74) is 0.861. The number of halogens is 3. The van der Waals surface area contributed by atoms with Gasteiger partial charge in [0.2, 0.25) is 0 Å². The number of rotatable bonds is 2. The Morgan fingerprint density at radius 1 is 1.00 bits per heavy atom. The van der Waals surface area contributed by atoms with E-state index in [1.54, 1.807) is 16.7 Å². The molecule has 30 heavy (non-hydrogen) atoms. The molecule has 0 radical (unpaired) electrons. The van der Waals surface area contributed by atoms with Crippen molar-refractivity contribution in [2.24, 2.45) is 0 Å². The second-order valence-corrected chi connectivity index (χ2v) is 9.68. The van der Waals surface area contributed by atoms with Crippen LogP contribution >= 0.6 is 27.7 Å². The smallest absolute Gasteiger partial charge is 0.321 e. The summed E-state index contributed by atoms with van der Waals surface area (Å²) in [6, 6.07) is 10.3. The molecule has 2 aromatic rings. The Kier molecular flexibility index (Phi) is 6.02. The van der Waals surface area contributed by atoms with Crippen molar-refractivity contribution in [2.75, 3.05) is 30.7 Å². The van der Waals surface area contributed by atoms with E-state index >= 15 is 0 Å². The van der Waals surface area contributed by atoms with Crippen LogP contribution in [0.4, 0.5) is 19.3 Å². The van der Waals surface area contributed by atoms with Gasteiger partial charge >= 0.3 is 6.03 Å². The quantitative estimate of drug-likeness (QED) is 0.641. The molecule has 0 aliphatic carbocycles. The molecule has 2 aromatic carbocycles. The van der Waals surface area contributed by atoms with Gasteiger partial charge in [-0.15, -0.1) is 11.8 Å². The molecule has 1 spiro atoms. The molecule has 0 saturated carbocycles. The minimum atomic E-state index is -1.00. The lowest BCUT2D eigenvalue weighted by molar-refractivity contribution is 0.0585. The Hall–Kier alpha value is -2.13. The Morgan fingerprint density at radius 2 is 1.70 bits per heavy atom. The molecule has 2 aliphatic heterocycles. The predicted octanol–water partition coefficient (Wildman–Crippen LogP) is 4.94. The van der Waals surface area contributed by atoms with Gasteiger partial charge in [0, 0.05) is 47.2 Å². The largest absolute Gasteiger partial charge is 0.324 e. The van der Waals surface area contributed by atoms with Gasteiger partial charge < -0.3 is 15.1 Å². The highest BCUT2D eigenvalue weighted by molar-refractivity contribution is 9.10. The van der Waals surface area contributed by atoms with Gasteiger partial charge in [-0.1, -0.05) is 15.9 Å². The van der Waals surface area contributed by atoms with E-state index in [1.807, 2.05) is 29.2 Å². The van der Waals surface area contributed by atoms with Gasteiger partial charge in [-0.3, -0.25) is 4.79 Å². The molecule has 3 amide bonds. The molecule has 2 heterocycles. The summed E-state index contributed by atoms with van der Waals surface area (Å²) < 4.78 is 27.4. The van der Waals surface area contributed by atoms with Crippen molar-refractivity contribution in [1.82, 2.24) is 9.80 Å². The van der Waals surface area contributed by atoms with Crippen LogP contribution in [0.25, 0.3) is 0 Å². The summed E-state index contributed by atoms with van der Waals surface area (Å²) in [5, 5.41) is 2.61. The predicted molar refractivity (Wildman–Crippen MR) is 117 cm³/mol. The number of urea groups is 1. The van der Waals surface area contributed by atoms with Gasteiger partial charge in [0.1, 0.15) is 0 Å². The van der Waals surface area contributed by atoms with Crippen LogP contribution in [0.2, 0.25) is 0 Å². The first-order valence-corrected chi connectivity index (χ1v) is 11.4. The minimum absolute atomic E-state index is 0.00666. The average molecular weight is 496 g/mol. The van der Waals surface area contributed by atoms with Crippen molar-refractivity contribution < 1.29 is 18.4 Å². The fourth-order valence-electron chi connectivity index (χ4n) is 3.89. The normalized spacial score (nSPS) is 18.0. The highest BCUT2D eigenvalue weighted by atomic mass is 79.9. The Bertz CT molecular complexity index is 965. The fraction of sp³-hybridized carbons (Fsp3) is 0.333. The average Bonchev–Trinajstić information content (AvgIpc) is 3.14. The molecule has 2 saturated heterocycles. The van der Waals surface area contributed by atoms with Crippen LogP contribution in [-0.4, -0.2) is 52.0 Å². The molecule has 2 aliphatic rings. The number of piperidine rings is 1. The number of hydrogen-bond donors (Lipinski definition) is 1. The maximum Gasteiger partial charge on any atom is 0.321 e. The third-order valence-corrected chi connectivity index (χ3v) is 7.60. The van der Waals surface area contributed by atoms with Crippen molar-refractivity contribution >= 4 is 45.3 Å². The summed E-state index contributed by atoms with van der Waals surface area (Å²) in [6.07, 6.45) is 1.32. The molecule has 1 N–H and O–H groups in total. The van der Waals surface area contributed by atoms with Crippen molar-refractivity contribution in [1.29, 1.82) is 0 Å². The van der Waals surface area contributed by atoms with Gasteiger partial charge in [-0.25, -0.2) is 13.6 Å². The van der Waals surface area contributed by atoms with Crippen LogP contribution in [0.3, 0.4) is 0 Å². The number of nitrogens with zero attached hydrogens (tertiary/aromatic N) is 2. The van der Waals surface area contributed by atoms with Gasteiger partial charge in [-0.05, 0) is 49.2 Å².